The third kappa shape index (κ3) is 4.03. The molecule has 8 heteroatoms. The van der Waals surface area contributed by atoms with Crippen molar-refractivity contribution in [2.24, 2.45) is 0 Å². The van der Waals surface area contributed by atoms with Gasteiger partial charge in [-0.25, -0.2) is 4.39 Å². The Kier molecular flexibility index (Phi) is 6.07. The number of anilines is 1. The molecule has 1 fully saturated rings. The van der Waals surface area contributed by atoms with Crippen LogP contribution in [0.2, 0.25) is 5.02 Å². The molecule has 0 aromatic heterocycles. The molecule has 1 amide bonds. The molecular formula is C25H19ClFNO5. The number of methoxy groups -OCH3 is 2. The molecule has 1 atom stereocenters. The molecular weight excluding hydrogens is 449 g/mol. The number of halogens is 2. The van der Waals surface area contributed by atoms with Crippen LogP contribution in [0.5, 0.6) is 11.5 Å². The van der Waals surface area contributed by atoms with Crippen molar-refractivity contribution in [1.29, 1.82) is 0 Å². The van der Waals surface area contributed by atoms with Crippen LogP contribution in [-0.2, 0) is 9.59 Å². The highest BCUT2D eigenvalue weighted by atomic mass is 35.5. The molecule has 1 aliphatic heterocycles. The number of Topliss-reactive ketones (excluding diaryl/α,β-unsaturated/α-hetero) is 1. The Balaban J connectivity index is 1.98. The molecule has 1 saturated heterocycles. The first-order chi connectivity index (χ1) is 15.8. The Labute approximate surface area is 194 Å². The number of aliphatic hydroxyl groups excluding tert-OH is 1. The van der Waals surface area contributed by atoms with Crippen LogP contribution in [0.25, 0.3) is 5.76 Å². The number of hydrogen-bond acceptors (Lipinski definition) is 5. The van der Waals surface area contributed by atoms with Crippen molar-refractivity contribution in [3.63, 3.8) is 0 Å². The summed E-state index contributed by atoms with van der Waals surface area (Å²) in [5, 5.41) is 11.5. The maximum absolute atomic E-state index is 14.0. The van der Waals surface area contributed by atoms with Crippen LogP contribution in [0.4, 0.5) is 10.1 Å². The van der Waals surface area contributed by atoms with Crippen LogP contribution >= 0.6 is 11.6 Å². The molecule has 1 aliphatic rings. The third-order valence-corrected chi connectivity index (χ3v) is 5.61. The second-order valence-corrected chi connectivity index (χ2v) is 7.70. The maximum atomic E-state index is 14.0. The van der Waals surface area contributed by atoms with Gasteiger partial charge in [0, 0.05) is 10.7 Å². The number of carbonyl (C=O) groups is 2. The van der Waals surface area contributed by atoms with Crippen LogP contribution in [0, 0.1) is 5.82 Å². The van der Waals surface area contributed by atoms with Crippen LogP contribution < -0.4 is 14.4 Å². The predicted octanol–water partition coefficient (Wildman–Crippen LogP) is 5.12. The van der Waals surface area contributed by atoms with Gasteiger partial charge >= 0.3 is 0 Å². The molecule has 0 bridgehead atoms. The zero-order valence-corrected chi connectivity index (χ0v) is 18.5. The van der Waals surface area contributed by atoms with Crippen molar-refractivity contribution >= 4 is 34.7 Å². The number of rotatable bonds is 5. The number of amides is 1. The van der Waals surface area contributed by atoms with Crippen LogP contribution in [-0.4, -0.2) is 31.0 Å². The molecule has 0 aliphatic carbocycles. The van der Waals surface area contributed by atoms with E-state index in [-0.39, 0.29) is 22.6 Å². The van der Waals surface area contributed by atoms with Gasteiger partial charge in [0.25, 0.3) is 11.7 Å². The molecule has 168 valence electrons. The highest BCUT2D eigenvalue weighted by molar-refractivity contribution is 6.51. The van der Waals surface area contributed by atoms with Crippen molar-refractivity contribution in [3.05, 3.63) is 94.3 Å². The summed E-state index contributed by atoms with van der Waals surface area (Å²) in [7, 11) is 2.92. The molecule has 1 N–H and O–H groups in total. The van der Waals surface area contributed by atoms with Crippen molar-refractivity contribution in [2.75, 3.05) is 19.1 Å². The first-order valence-corrected chi connectivity index (χ1v) is 10.3. The number of ether oxygens (including phenoxy) is 2. The van der Waals surface area contributed by atoms with E-state index in [9.17, 15) is 19.1 Å². The van der Waals surface area contributed by atoms with Crippen molar-refractivity contribution in [2.45, 2.75) is 6.04 Å². The quantitative estimate of drug-likeness (QED) is 0.320. The summed E-state index contributed by atoms with van der Waals surface area (Å²) in [5.74, 6) is -2.00. The molecule has 33 heavy (non-hydrogen) atoms. The Bertz CT molecular complexity index is 1270. The van der Waals surface area contributed by atoms with E-state index in [1.54, 1.807) is 36.4 Å². The summed E-state index contributed by atoms with van der Waals surface area (Å²) in [6.07, 6.45) is 0. The highest BCUT2D eigenvalue weighted by Gasteiger charge is 2.47. The lowest BCUT2D eigenvalue weighted by Gasteiger charge is -2.25. The number of ketones is 1. The Morgan fingerprint density at radius 1 is 1.00 bits per heavy atom. The average molecular weight is 468 g/mol. The molecule has 3 aromatic rings. The Hall–Kier alpha value is -3.84. The summed E-state index contributed by atoms with van der Waals surface area (Å²) in [6.45, 7) is 0. The summed E-state index contributed by atoms with van der Waals surface area (Å²) >= 11 is 6.11. The zero-order valence-electron chi connectivity index (χ0n) is 17.7. The number of carbonyl (C=O) groups excluding carboxylic acids is 2. The first kappa shape index (κ1) is 22.4. The molecule has 4 rings (SSSR count). The monoisotopic (exact) mass is 467 g/mol. The average Bonchev–Trinajstić information content (AvgIpc) is 3.09. The van der Waals surface area contributed by atoms with E-state index in [0.29, 0.717) is 16.3 Å². The number of hydrogen-bond donors (Lipinski definition) is 1. The van der Waals surface area contributed by atoms with E-state index in [0.717, 1.165) is 11.0 Å². The van der Waals surface area contributed by atoms with Gasteiger partial charge in [0.1, 0.15) is 23.1 Å². The van der Waals surface area contributed by atoms with Crippen molar-refractivity contribution in [3.8, 4) is 11.5 Å². The van der Waals surface area contributed by atoms with Gasteiger partial charge in [0.2, 0.25) is 0 Å². The SMILES string of the molecule is COc1ccc(C2/C(=C(\O)c3cc(Cl)ccc3OC)C(=O)C(=O)N2c2cccc(F)c2)cc1. The summed E-state index contributed by atoms with van der Waals surface area (Å²) in [5.41, 5.74) is 0.674. The zero-order chi connectivity index (χ0) is 23.7. The fourth-order valence-corrected chi connectivity index (χ4v) is 4.01. The van der Waals surface area contributed by atoms with E-state index in [1.807, 2.05) is 0 Å². The minimum atomic E-state index is -1.03. The van der Waals surface area contributed by atoms with Crippen LogP contribution in [0.15, 0.2) is 72.3 Å². The third-order valence-electron chi connectivity index (χ3n) is 5.38. The minimum Gasteiger partial charge on any atom is -0.507 e. The summed E-state index contributed by atoms with van der Waals surface area (Å²) < 4.78 is 24.5. The smallest absolute Gasteiger partial charge is 0.300 e. The topological polar surface area (TPSA) is 76.1 Å². The van der Waals surface area contributed by atoms with Gasteiger partial charge < -0.3 is 14.6 Å². The van der Waals surface area contributed by atoms with Gasteiger partial charge in [-0.2, -0.15) is 0 Å². The first-order valence-electron chi connectivity index (χ1n) is 9.90. The van der Waals surface area contributed by atoms with E-state index in [2.05, 4.69) is 0 Å². The number of aliphatic hydroxyl groups is 1. The number of nitrogens with zero attached hydrogens (tertiary/aromatic N) is 1. The normalized spacial score (nSPS) is 17.3. The Morgan fingerprint density at radius 3 is 2.36 bits per heavy atom. The second-order valence-electron chi connectivity index (χ2n) is 7.27. The highest BCUT2D eigenvalue weighted by Crippen LogP contribution is 2.44. The predicted molar refractivity (Wildman–Crippen MR) is 122 cm³/mol. The fraction of sp³-hybridized carbons (Fsp3) is 0.120. The van der Waals surface area contributed by atoms with Crippen molar-refractivity contribution < 1.29 is 28.6 Å². The fourth-order valence-electron chi connectivity index (χ4n) is 3.84. The molecule has 3 aromatic carbocycles. The lowest BCUT2D eigenvalue weighted by atomic mass is 9.94. The van der Waals surface area contributed by atoms with Gasteiger partial charge in [-0.3, -0.25) is 14.5 Å². The van der Waals surface area contributed by atoms with E-state index >= 15 is 0 Å². The van der Waals surface area contributed by atoms with E-state index in [4.69, 9.17) is 21.1 Å². The standard InChI is InChI=1S/C25H19ClFNO5/c1-32-18-9-6-14(7-10-18)22-21(23(29)19-12-15(26)8-11-20(19)33-2)24(30)25(31)28(22)17-5-3-4-16(27)13-17/h3-13,22,29H,1-2H3/b23-21+. The second kappa shape index (κ2) is 8.96. The molecule has 1 heterocycles. The lowest BCUT2D eigenvalue weighted by Crippen LogP contribution is -2.29. The maximum Gasteiger partial charge on any atom is 0.300 e. The molecule has 1 unspecified atom stereocenters. The van der Waals surface area contributed by atoms with Gasteiger partial charge in [-0.05, 0) is 54.1 Å². The molecule has 0 spiro atoms. The summed E-state index contributed by atoms with van der Waals surface area (Å²) in [4.78, 5) is 27.5. The van der Waals surface area contributed by atoms with Gasteiger partial charge in [0.05, 0.1) is 31.4 Å². The van der Waals surface area contributed by atoms with Crippen LogP contribution in [0.3, 0.4) is 0 Å². The van der Waals surface area contributed by atoms with Gasteiger partial charge in [-0.1, -0.05) is 29.8 Å². The van der Waals surface area contributed by atoms with Crippen LogP contribution in [0.1, 0.15) is 17.2 Å². The molecule has 0 saturated carbocycles. The summed E-state index contributed by atoms with van der Waals surface area (Å²) in [6, 6.07) is 15.6. The molecule has 0 radical (unpaired) electrons. The minimum absolute atomic E-state index is 0.153. The lowest BCUT2D eigenvalue weighted by molar-refractivity contribution is -0.132. The number of benzene rings is 3. The van der Waals surface area contributed by atoms with Gasteiger partial charge in [0.15, 0.2) is 0 Å². The molecule has 6 nitrogen and oxygen atoms in total. The van der Waals surface area contributed by atoms with Crippen molar-refractivity contribution in [1.82, 2.24) is 0 Å². The largest absolute Gasteiger partial charge is 0.507 e. The van der Waals surface area contributed by atoms with E-state index < -0.39 is 29.3 Å². The van der Waals surface area contributed by atoms with E-state index in [1.165, 1.54) is 38.5 Å². The Morgan fingerprint density at radius 2 is 1.73 bits per heavy atom. The van der Waals surface area contributed by atoms with Gasteiger partial charge in [-0.15, -0.1) is 0 Å².